The summed E-state index contributed by atoms with van der Waals surface area (Å²) in [5.74, 6) is 0.454. The highest BCUT2D eigenvalue weighted by Crippen LogP contribution is 2.22. The number of anilines is 1. The Bertz CT molecular complexity index is 693. The van der Waals surface area contributed by atoms with Crippen LogP contribution in [0.4, 0.5) is 5.82 Å². The Labute approximate surface area is 118 Å². The molecule has 2 N–H and O–H groups in total. The molecule has 0 bridgehead atoms. The molecule has 1 amide bonds. The Morgan fingerprint density at radius 3 is 3.05 bits per heavy atom. The standard InChI is InChI=1S/C13H11N5OS/c19-12(17-11-3-5-15-18-11)6-10-8-20-13(16-10)9-2-1-4-14-7-9/h1-5,7-8H,6H2,(H2,15,17,18,19). The minimum Gasteiger partial charge on any atom is -0.311 e. The van der Waals surface area contributed by atoms with E-state index in [-0.39, 0.29) is 12.3 Å². The first-order chi connectivity index (χ1) is 9.81. The second kappa shape index (κ2) is 5.62. The molecule has 100 valence electrons. The van der Waals surface area contributed by atoms with Crippen molar-refractivity contribution in [3.63, 3.8) is 0 Å². The van der Waals surface area contributed by atoms with E-state index >= 15 is 0 Å². The summed E-state index contributed by atoms with van der Waals surface area (Å²) >= 11 is 1.50. The maximum absolute atomic E-state index is 11.8. The van der Waals surface area contributed by atoms with E-state index in [2.05, 4.69) is 25.5 Å². The average Bonchev–Trinajstić information content (AvgIpc) is 3.11. The topological polar surface area (TPSA) is 83.6 Å². The van der Waals surface area contributed by atoms with Gasteiger partial charge in [-0.05, 0) is 12.1 Å². The maximum Gasteiger partial charge on any atom is 0.231 e. The van der Waals surface area contributed by atoms with E-state index in [0.717, 1.165) is 16.3 Å². The van der Waals surface area contributed by atoms with Gasteiger partial charge in [-0.1, -0.05) is 0 Å². The lowest BCUT2D eigenvalue weighted by Gasteiger charge is -1.99. The number of nitrogens with one attached hydrogen (secondary N) is 2. The van der Waals surface area contributed by atoms with Crippen molar-refractivity contribution in [3.05, 3.63) is 47.9 Å². The summed E-state index contributed by atoms with van der Waals surface area (Å²) in [7, 11) is 0. The number of pyridine rings is 1. The van der Waals surface area contributed by atoms with Gasteiger partial charge in [0.1, 0.15) is 10.8 Å². The van der Waals surface area contributed by atoms with Gasteiger partial charge in [0, 0.05) is 29.4 Å². The van der Waals surface area contributed by atoms with Crippen molar-refractivity contribution in [1.29, 1.82) is 0 Å². The normalized spacial score (nSPS) is 10.4. The lowest BCUT2D eigenvalue weighted by Crippen LogP contribution is -2.14. The van der Waals surface area contributed by atoms with E-state index in [1.165, 1.54) is 11.3 Å². The Hall–Kier alpha value is -2.54. The minimum absolute atomic E-state index is 0.128. The third kappa shape index (κ3) is 2.89. The van der Waals surface area contributed by atoms with Crippen LogP contribution in [0.1, 0.15) is 5.69 Å². The van der Waals surface area contributed by atoms with Crippen LogP contribution in [0, 0.1) is 0 Å². The lowest BCUT2D eigenvalue weighted by atomic mass is 10.3. The number of rotatable bonds is 4. The molecule has 0 unspecified atom stereocenters. The van der Waals surface area contributed by atoms with Gasteiger partial charge in [0.25, 0.3) is 0 Å². The van der Waals surface area contributed by atoms with Crippen LogP contribution in [0.15, 0.2) is 42.2 Å². The summed E-state index contributed by atoms with van der Waals surface area (Å²) in [4.78, 5) is 20.3. The second-order valence-corrected chi connectivity index (χ2v) is 4.94. The molecule has 0 saturated carbocycles. The van der Waals surface area contributed by atoms with Crippen LogP contribution in [0.3, 0.4) is 0 Å². The van der Waals surface area contributed by atoms with Crippen molar-refractivity contribution in [3.8, 4) is 10.6 Å². The predicted molar refractivity (Wildman–Crippen MR) is 76.3 cm³/mol. The highest BCUT2D eigenvalue weighted by Gasteiger charge is 2.09. The van der Waals surface area contributed by atoms with Gasteiger partial charge < -0.3 is 5.32 Å². The zero-order chi connectivity index (χ0) is 13.8. The lowest BCUT2D eigenvalue weighted by molar-refractivity contribution is -0.115. The van der Waals surface area contributed by atoms with Crippen LogP contribution in [-0.2, 0) is 11.2 Å². The average molecular weight is 285 g/mol. The quantitative estimate of drug-likeness (QED) is 0.769. The molecule has 20 heavy (non-hydrogen) atoms. The SMILES string of the molecule is O=C(Cc1csc(-c2cccnc2)n1)Nc1ccn[nH]1. The molecule has 0 aliphatic heterocycles. The van der Waals surface area contributed by atoms with Crippen LogP contribution in [0.25, 0.3) is 10.6 Å². The molecular formula is C13H11N5OS. The number of carbonyl (C=O) groups is 1. The third-order valence-electron chi connectivity index (χ3n) is 2.58. The van der Waals surface area contributed by atoms with Gasteiger partial charge in [-0.2, -0.15) is 5.10 Å². The number of aromatic amines is 1. The summed E-state index contributed by atoms with van der Waals surface area (Å²) in [6, 6.07) is 5.50. The number of carbonyl (C=O) groups excluding carboxylic acids is 1. The molecule has 3 rings (SSSR count). The van der Waals surface area contributed by atoms with E-state index < -0.39 is 0 Å². The number of aromatic nitrogens is 4. The summed E-state index contributed by atoms with van der Waals surface area (Å²) in [6.45, 7) is 0. The monoisotopic (exact) mass is 285 g/mol. The van der Waals surface area contributed by atoms with E-state index in [9.17, 15) is 4.79 Å². The molecule has 0 aromatic carbocycles. The van der Waals surface area contributed by atoms with Crippen LogP contribution in [-0.4, -0.2) is 26.1 Å². The number of nitrogens with zero attached hydrogens (tertiary/aromatic N) is 3. The van der Waals surface area contributed by atoms with Gasteiger partial charge in [-0.25, -0.2) is 4.98 Å². The van der Waals surface area contributed by atoms with Crippen LogP contribution < -0.4 is 5.32 Å². The zero-order valence-corrected chi connectivity index (χ0v) is 11.2. The van der Waals surface area contributed by atoms with Crippen molar-refractivity contribution >= 4 is 23.1 Å². The van der Waals surface area contributed by atoms with Crippen molar-refractivity contribution in [2.45, 2.75) is 6.42 Å². The summed E-state index contributed by atoms with van der Waals surface area (Å²) in [6.07, 6.45) is 5.29. The van der Waals surface area contributed by atoms with Crippen molar-refractivity contribution < 1.29 is 4.79 Å². The first-order valence-electron chi connectivity index (χ1n) is 5.95. The first kappa shape index (κ1) is 12.5. The van der Waals surface area contributed by atoms with Crippen molar-refractivity contribution in [2.24, 2.45) is 0 Å². The number of thiazole rings is 1. The first-order valence-corrected chi connectivity index (χ1v) is 6.83. The van der Waals surface area contributed by atoms with E-state index in [4.69, 9.17) is 0 Å². The maximum atomic E-state index is 11.8. The third-order valence-corrected chi connectivity index (χ3v) is 3.52. The highest BCUT2D eigenvalue weighted by atomic mass is 32.1. The number of amides is 1. The van der Waals surface area contributed by atoms with Gasteiger partial charge >= 0.3 is 0 Å². The van der Waals surface area contributed by atoms with E-state index in [1.807, 2.05) is 17.5 Å². The fraction of sp³-hybridized carbons (Fsp3) is 0.0769. The minimum atomic E-state index is -0.128. The molecule has 7 heteroatoms. The summed E-state index contributed by atoms with van der Waals surface area (Å²) in [5.41, 5.74) is 1.70. The smallest absolute Gasteiger partial charge is 0.231 e. The molecule has 0 fully saturated rings. The largest absolute Gasteiger partial charge is 0.311 e. The second-order valence-electron chi connectivity index (χ2n) is 4.08. The van der Waals surface area contributed by atoms with Crippen molar-refractivity contribution in [2.75, 3.05) is 5.32 Å². The van der Waals surface area contributed by atoms with Gasteiger partial charge in [0.15, 0.2) is 0 Å². The van der Waals surface area contributed by atoms with Crippen LogP contribution in [0.2, 0.25) is 0 Å². The molecule has 0 spiro atoms. The fourth-order valence-corrected chi connectivity index (χ4v) is 2.50. The number of hydrogen-bond acceptors (Lipinski definition) is 5. The molecule has 3 heterocycles. The molecule has 3 aromatic rings. The Balaban J connectivity index is 1.67. The zero-order valence-electron chi connectivity index (χ0n) is 10.4. The van der Waals surface area contributed by atoms with Crippen molar-refractivity contribution in [1.82, 2.24) is 20.2 Å². The molecule has 6 nitrogen and oxygen atoms in total. The molecule has 0 aliphatic carbocycles. The Kier molecular flexibility index (Phi) is 3.51. The molecule has 0 aliphatic rings. The highest BCUT2D eigenvalue weighted by molar-refractivity contribution is 7.13. The molecule has 0 saturated heterocycles. The van der Waals surface area contributed by atoms with E-state index in [1.54, 1.807) is 24.7 Å². The Morgan fingerprint density at radius 1 is 1.35 bits per heavy atom. The summed E-state index contributed by atoms with van der Waals surface area (Å²) in [5, 5.41) is 11.9. The molecule has 3 aromatic heterocycles. The Morgan fingerprint density at radius 2 is 2.30 bits per heavy atom. The predicted octanol–water partition coefficient (Wildman–Crippen LogP) is 2.11. The van der Waals surface area contributed by atoms with Gasteiger partial charge in [0.2, 0.25) is 5.91 Å². The summed E-state index contributed by atoms with van der Waals surface area (Å²) < 4.78 is 0. The number of H-pyrrole nitrogens is 1. The van der Waals surface area contributed by atoms with E-state index in [0.29, 0.717) is 5.82 Å². The van der Waals surface area contributed by atoms with Gasteiger partial charge in [0.05, 0.1) is 18.3 Å². The fourth-order valence-electron chi connectivity index (χ4n) is 1.69. The van der Waals surface area contributed by atoms with Gasteiger partial charge in [-0.3, -0.25) is 14.9 Å². The van der Waals surface area contributed by atoms with Crippen LogP contribution in [0.5, 0.6) is 0 Å². The molecule has 0 radical (unpaired) electrons. The molecular weight excluding hydrogens is 274 g/mol. The number of hydrogen-bond donors (Lipinski definition) is 2. The van der Waals surface area contributed by atoms with Crippen LogP contribution >= 0.6 is 11.3 Å². The molecule has 0 atom stereocenters. The van der Waals surface area contributed by atoms with Gasteiger partial charge in [-0.15, -0.1) is 11.3 Å².